The van der Waals surface area contributed by atoms with Crippen LogP contribution >= 0.6 is 24.0 Å². The van der Waals surface area contributed by atoms with Gasteiger partial charge in [-0.15, -0.1) is 0 Å². The third-order valence-electron chi connectivity index (χ3n) is 4.29. The van der Waals surface area contributed by atoms with Crippen LogP contribution in [0.3, 0.4) is 0 Å². The van der Waals surface area contributed by atoms with Crippen LogP contribution in [0.5, 0.6) is 5.75 Å². The molecule has 0 aliphatic carbocycles. The van der Waals surface area contributed by atoms with Crippen LogP contribution in [0.4, 0.5) is 0 Å². The Balaban J connectivity index is 1.32. The van der Waals surface area contributed by atoms with Crippen molar-refractivity contribution in [1.82, 2.24) is 25.1 Å². The van der Waals surface area contributed by atoms with Crippen LogP contribution in [0.25, 0.3) is 5.69 Å². The molecule has 1 aromatic heterocycles. The highest BCUT2D eigenvalue weighted by molar-refractivity contribution is 7.99. The van der Waals surface area contributed by atoms with Gasteiger partial charge in [-0.1, -0.05) is 16.7 Å². The number of aromatic nitrogens is 4. The van der Waals surface area contributed by atoms with Gasteiger partial charge in [-0.25, -0.2) is 4.68 Å². The molecular formula is C17H25N5O2S2. The molecule has 0 spiro atoms. The number of nitrogens with zero attached hydrogens (tertiary/aromatic N) is 4. The summed E-state index contributed by atoms with van der Waals surface area (Å²) < 4.78 is 7.76. The first-order valence-corrected chi connectivity index (χ1v) is 10.5. The number of ether oxygens (including phenoxy) is 1. The number of tetrazole rings is 1. The molecule has 1 atom stereocenters. The van der Waals surface area contributed by atoms with E-state index >= 15 is 0 Å². The third-order valence-corrected chi connectivity index (χ3v) is 5.63. The van der Waals surface area contributed by atoms with E-state index in [9.17, 15) is 5.11 Å². The van der Waals surface area contributed by atoms with Gasteiger partial charge in [0.15, 0.2) is 0 Å². The molecule has 0 saturated carbocycles. The van der Waals surface area contributed by atoms with Gasteiger partial charge in [0.25, 0.3) is 0 Å². The number of aliphatic hydroxyl groups excluding tert-OH is 1. The maximum atomic E-state index is 10.1. The number of aromatic amines is 1. The normalized spacial score (nSPS) is 16.5. The maximum Gasteiger partial charge on any atom is 0.242 e. The van der Waals surface area contributed by atoms with Crippen molar-refractivity contribution < 1.29 is 9.84 Å². The van der Waals surface area contributed by atoms with Crippen molar-refractivity contribution in [2.75, 3.05) is 37.7 Å². The second-order valence-corrected chi connectivity index (χ2v) is 7.87. The van der Waals surface area contributed by atoms with Crippen LogP contribution in [-0.2, 0) is 0 Å². The van der Waals surface area contributed by atoms with Gasteiger partial charge in [-0.2, -0.15) is 17.0 Å². The summed E-state index contributed by atoms with van der Waals surface area (Å²) in [6.45, 7) is 3.66. The molecule has 1 aliphatic heterocycles. The van der Waals surface area contributed by atoms with E-state index < -0.39 is 0 Å². The summed E-state index contributed by atoms with van der Waals surface area (Å²) in [7, 11) is 0. The number of hydrogen-bond donors (Lipinski definition) is 2. The summed E-state index contributed by atoms with van der Waals surface area (Å²) in [5.74, 6) is 2.42. The Morgan fingerprint density at radius 3 is 2.69 bits per heavy atom. The Hall–Kier alpha value is -1.42. The summed E-state index contributed by atoms with van der Waals surface area (Å²) in [6, 6.07) is 7.60. The molecule has 2 heterocycles. The number of β-amino-alcohol motifs (C(OH)–C–C–N with tert-alkyl or cyclic N) is 1. The lowest BCUT2D eigenvalue weighted by Crippen LogP contribution is -2.37. The number of likely N-dealkylation sites (tertiary alicyclic amines) is 1. The van der Waals surface area contributed by atoms with Crippen molar-refractivity contribution in [1.29, 1.82) is 0 Å². The van der Waals surface area contributed by atoms with Gasteiger partial charge in [0.1, 0.15) is 5.75 Å². The van der Waals surface area contributed by atoms with Crippen LogP contribution in [0, 0.1) is 4.77 Å². The summed E-state index contributed by atoms with van der Waals surface area (Å²) in [6.07, 6.45) is 3.58. The molecule has 3 rings (SSSR count). The molecule has 142 valence electrons. The van der Waals surface area contributed by atoms with Crippen LogP contribution < -0.4 is 4.74 Å². The Morgan fingerprint density at radius 2 is 2.00 bits per heavy atom. The minimum Gasteiger partial charge on any atom is -0.493 e. The van der Waals surface area contributed by atoms with E-state index in [4.69, 9.17) is 17.0 Å². The van der Waals surface area contributed by atoms with E-state index in [0.717, 1.165) is 42.6 Å². The maximum absolute atomic E-state index is 10.1. The molecule has 1 saturated heterocycles. The fraction of sp³-hybridized carbons (Fsp3) is 0.588. The zero-order valence-corrected chi connectivity index (χ0v) is 16.3. The fourth-order valence-electron chi connectivity index (χ4n) is 2.99. The molecule has 1 unspecified atom stereocenters. The Kier molecular flexibility index (Phi) is 7.48. The lowest BCUT2D eigenvalue weighted by Gasteiger charge is -2.28. The lowest BCUT2D eigenvalue weighted by atomic mass is 10.1. The quantitative estimate of drug-likeness (QED) is 0.498. The van der Waals surface area contributed by atoms with E-state index in [1.807, 2.05) is 24.3 Å². The SMILES string of the molecule is OC(CSCCOc1ccc(-n2[nH]nnc2=S)cc1)CN1CCCCC1. The molecule has 26 heavy (non-hydrogen) atoms. The molecule has 9 heteroatoms. The zero-order chi connectivity index (χ0) is 18.2. The Labute approximate surface area is 162 Å². The fourth-order valence-corrected chi connectivity index (χ4v) is 3.92. The zero-order valence-electron chi connectivity index (χ0n) is 14.7. The summed E-state index contributed by atoms with van der Waals surface area (Å²) in [5, 5.41) is 20.3. The van der Waals surface area contributed by atoms with Crippen LogP contribution in [0.1, 0.15) is 19.3 Å². The van der Waals surface area contributed by atoms with E-state index in [2.05, 4.69) is 20.4 Å². The number of benzene rings is 1. The van der Waals surface area contributed by atoms with Crippen molar-refractivity contribution in [3.63, 3.8) is 0 Å². The summed E-state index contributed by atoms with van der Waals surface area (Å²) in [5.41, 5.74) is 0.863. The van der Waals surface area contributed by atoms with Gasteiger partial charge >= 0.3 is 0 Å². The van der Waals surface area contributed by atoms with Crippen LogP contribution in [0.15, 0.2) is 24.3 Å². The highest BCUT2D eigenvalue weighted by Crippen LogP contribution is 2.15. The van der Waals surface area contributed by atoms with Gasteiger partial charge in [0.2, 0.25) is 4.77 Å². The van der Waals surface area contributed by atoms with E-state index in [0.29, 0.717) is 11.4 Å². The van der Waals surface area contributed by atoms with Crippen LogP contribution in [0.2, 0.25) is 0 Å². The van der Waals surface area contributed by atoms with E-state index in [1.54, 1.807) is 16.4 Å². The second-order valence-electron chi connectivity index (χ2n) is 6.35. The van der Waals surface area contributed by atoms with E-state index in [1.165, 1.54) is 19.3 Å². The molecule has 0 radical (unpaired) electrons. The summed E-state index contributed by atoms with van der Waals surface area (Å²) in [4.78, 5) is 2.37. The molecule has 1 aliphatic rings. The molecule has 7 nitrogen and oxygen atoms in total. The summed E-state index contributed by atoms with van der Waals surface area (Å²) >= 11 is 6.80. The topological polar surface area (TPSA) is 79.2 Å². The number of H-pyrrole nitrogens is 1. The first-order chi connectivity index (χ1) is 12.7. The molecule has 1 fully saturated rings. The number of piperidine rings is 1. The van der Waals surface area contributed by atoms with Gasteiger partial charge in [0, 0.05) is 18.1 Å². The minimum atomic E-state index is -0.259. The van der Waals surface area contributed by atoms with Gasteiger partial charge in [-0.05, 0) is 62.4 Å². The van der Waals surface area contributed by atoms with Crippen LogP contribution in [-0.4, -0.2) is 74.1 Å². The number of nitrogens with one attached hydrogen (secondary N) is 1. The highest BCUT2D eigenvalue weighted by atomic mass is 32.2. The third kappa shape index (κ3) is 5.80. The second kappa shape index (κ2) is 10.1. The Bertz CT molecular complexity index is 712. The monoisotopic (exact) mass is 395 g/mol. The first-order valence-electron chi connectivity index (χ1n) is 8.94. The molecule has 0 amide bonds. The molecule has 2 aromatic rings. The number of aliphatic hydroxyl groups is 1. The van der Waals surface area contributed by atoms with Crippen molar-refractivity contribution in [3.05, 3.63) is 29.0 Å². The van der Waals surface area contributed by atoms with Crippen molar-refractivity contribution >= 4 is 24.0 Å². The lowest BCUT2D eigenvalue weighted by molar-refractivity contribution is 0.117. The molecule has 1 aromatic carbocycles. The Morgan fingerprint density at radius 1 is 1.23 bits per heavy atom. The average molecular weight is 396 g/mol. The van der Waals surface area contributed by atoms with Crippen molar-refractivity contribution in [2.24, 2.45) is 0 Å². The number of hydrogen-bond acceptors (Lipinski definition) is 7. The average Bonchev–Trinajstić information content (AvgIpc) is 3.09. The molecule has 0 bridgehead atoms. The standard InChI is InChI=1S/C17H25N5O2S2/c23-15(12-21-8-2-1-3-9-21)13-26-11-10-24-16-6-4-14(5-7-16)22-17(25)18-19-20-22/h4-7,15,23H,1-3,8-13H2,(H,18,20,25). The number of thioether (sulfide) groups is 1. The smallest absolute Gasteiger partial charge is 0.242 e. The predicted octanol–water partition coefficient (Wildman–Crippen LogP) is 2.28. The highest BCUT2D eigenvalue weighted by Gasteiger charge is 2.14. The van der Waals surface area contributed by atoms with Gasteiger partial charge < -0.3 is 14.7 Å². The van der Waals surface area contributed by atoms with Gasteiger partial charge in [0.05, 0.1) is 18.4 Å². The predicted molar refractivity (Wildman–Crippen MR) is 106 cm³/mol. The van der Waals surface area contributed by atoms with Gasteiger partial charge in [-0.3, -0.25) is 0 Å². The first kappa shape index (κ1) is 19.3. The largest absolute Gasteiger partial charge is 0.493 e. The van der Waals surface area contributed by atoms with Crippen molar-refractivity contribution in [3.8, 4) is 11.4 Å². The van der Waals surface area contributed by atoms with E-state index in [-0.39, 0.29) is 6.10 Å². The molecule has 2 N–H and O–H groups in total. The minimum absolute atomic E-state index is 0.259. The molecular weight excluding hydrogens is 370 g/mol. The number of rotatable bonds is 9. The van der Waals surface area contributed by atoms with Crippen molar-refractivity contribution in [2.45, 2.75) is 25.4 Å².